The molecule has 8 heteroatoms. The summed E-state index contributed by atoms with van der Waals surface area (Å²) in [6, 6.07) is 0. The molecule has 0 aliphatic carbocycles. The van der Waals surface area contributed by atoms with Crippen molar-refractivity contribution in [3.05, 3.63) is 30.0 Å². The Kier molecular flexibility index (Phi) is 3.48. The molecule has 0 aliphatic rings. The van der Waals surface area contributed by atoms with Gasteiger partial charge in [0, 0.05) is 31.8 Å². The van der Waals surface area contributed by atoms with E-state index in [-0.39, 0.29) is 11.6 Å². The number of sulfonamides is 1. The lowest BCUT2D eigenvalue weighted by Crippen LogP contribution is -2.23. The third kappa shape index (κ3) is 2.77. The Balaban J connectivity index is 2.07. The summed E-state index contributed by atoms with van der Waals surface area (Å²) in [5.74, 6) is 0.650. The summed E-state index contributed by atoms with van der Waals surface area (Å²) < 4.78 is 28.0. The molecule has 0 bridgehead atoms. The first-order chi connectivity index (χ1) is 8.51. The second kappa shape index (κ2) is 4.91. The van der Waals surface area contributed by atoms with Crippen LogP contribution in [0.1, 0.15) is 18.3 Å². The minimum absolute atomic E-state index is 0.0863. The van der Waals surface area contributed by atoms with Gasteiger partial charge in [0.2, 0.25) is 0 Å². The molecule has 2 heterocycles. The molecule has 0 aromatic carbocycles. The molecular weight excluding hydrogens is 254 g/mol. The SMILES string of the molecule is CCc1ncc(S(=O)(=O)NCc2cnn(C)c2)[nH]1. The highest BCUT2D eigenvalue weighted by Gasteiger charge is 2.16. The van der Waals surface area contributed by atoms with Crippen LogP contribution in [0.5, 0.6) is 0 Å². The zero-order valence-electron chi connectivity index (χ0n) is 10.2. The van der Waals surface area contributed by atoms with Crippen LogP contribution in [0, 0.1) is 0 Å². The summed E-state index contributed by atoms with van der Waals surface area (Å²) in [6.45, 7) is 2.11. The van der Waals surface area contributed by atoms with Crippen molar-refractivity contribution < 1.29 is 8.42 Å². The van der Waals surface area contributed by atoms with Gasteiger partial charge < -0.3 is 4.98 Å². The van der Waals surface area contributed by atoms with Gasteiger partial charge in [-0.3, -0.25) is 4.68 Å². The van der Waals surface area contributed by atoms with Gasteiger partial charge in [0.05, 0.1) is 12.4 Å². The molecule has 0 spiro atoms. The normalized spacial score (nSPS) is 11.9. The molecule has 0 saturated heterocycles. The second-order valence-corrected chi connectivity index (χ2v) is 5.63. The number of nitrogens with one attached hydrogen (secondary N) is 2. The molecule has 0 atom stereocenters. The van der Waals surface area contributed by atoms with E-state index in [1.807, 2.05) is 6.92 Å². The van der Waals surface area contributed by atoms with Crippen molar-refractivity contribution in [2.24, 2.45) is 7.05 Å². The van der Waals surface area contributed by atoms with E-state index in [1.165, 1.54) is 6.20 Å². The summed E-state index contributed by atoms with van der Waals surface area (Å²) >= 11 is 0. The smallest absolute Gasteiger partial charge is 0.257 e. The molecule has 98 valence electrons. The lowest BCUT2D eigenvalue weighted by Gasteiger charge is -2.02. The average molecular weight is 269 g/mol. The van der Waals surface area contributed by atoms with Crippen LogP contribution in [0.15, 0.2) is 23.6 Å². The molecule has 0 aliphatic heterocycles. The number of aromatic amines is 1. The van der Waals surface area contributed by atoms with Crippen molar-refractivity contribution in [1.29, 1.82) is 0 Å². The fourth-order valence-electron chi connectivity index (χ4n) is 1.48. The lowest BCUT2D eigenvalue weighted by atomic mass is 10.4. The van der Waals surface area contributed by atoms with Crippen molar-refractivity contribution in [3.63, 3.8) is 0 Å². The Labute approximate surface area is 105 Å². The van der Waals surface area contributed by atoms with E-state index in [0.29, 0.717) is 12.2 Å². The van der Waals surface area contributed by atoms with Gasteiger partial charge in [0.15, 0.2) is 5.03 Å². The van der Waals surface area contributed by atoms with Crippen molar-refractivity contribution in [3.8, 4) is 0 Å². The van der Waals surface area contributed by atoms with E-state index in [0.717, 1.165) is 5.56 Å². The largest absolute Gasteiger partial charge is 0.332 e. The molecule has 18 heavy (non-hydrogen) atoms. The maximum Gasteiger partial charge on any atom is 0.257 e. The van der Waals surface area contributed by atoms with Crippen molar-refractivity contribution >= 4 is 10.0 Å². The highest BCUT2D eigenvalue weighted by Crippen LogP contribution is 2.07. The van der Waals surface area contributed by atoms with E-state index in [2.05, 4.69) is 19.8 Å². The van der Waals surface area contributed by atoms with Crippen LogP contribution >= 0.6 is 0 Å². The number of hydrogen-bond acceptors (Lipinski definition) is 4. The number of rotatable bonds is 5. The molecule has 0 unspecified atom stereocenters. The molecule has 2 N–H and O–H groups in total. The zero-order chi connectivity index (χ0) is 13.2. The number of H-pyrrole nitrogens is 1. The van der Waals surface area contributed by atoms with Gasteiger partial charge in [-0.05, 0) is 0 Å². The van der Waals surface area contributed by atoms with E-state index in [1.54, 1.807) is 24.1 Å². The maximum atomic E-state index is 11.9. The molecule has 2 rings (SSSR count). The van der Waals surface area contributed by atoms with Crippen LogP contribution in [0.25, 0.3) is 0 Å². The van der Waals surface area contributed by atoms with Gasteiger partial charge in [0.25, 0.3) is 10.0 Å². The minimum atomic E-state index is -3.54. The van der Waals surface area contributed by atoms with E-state index in [4.69, 9.17) is 0 Å². The van der Waals surface area contributed by atoms with E-state index >= 15 is 0 Å². The van der Waals surface area contributed by atoms with Crippen LogP contribution in [0.2, 0.25) is 0 Å². The monoisotopic (exact) mass is 269 g/mol. The fourth-order valence-corrected chi connectivity index (χ4v) is 2.43. The molecular formula is C10H15N5O2S. The van der Waals surface area contributed by atoms with Gasteiger partial charge in [-0.15, -0.1) is 0 Å². The quantitative estimate of drug-likeness (QED) is 0.810. The van der Waals surface area contributed by atoms with Crippen LogP contribution in [-0.4, -0.2) is 28.2 Å². The molecule has 0 saturated carbocycles. The number of nitrogens with zero attached hydrogens (tertiary/aromatic N) is 3. The topological polar surface area (TPSA) is 92.7 Å². The predicted octanol–water partition coefficient (Wildman–Crippen LogP) is 0.184. The van der Waals surface area contributed by atoms with Crippen LogP contribution < -0.4 is 4.72 Å². The second-order valence-electron chi connectivity index (χ2n) is 3.89. The maximum absolute atomic E-state index is 11.9. The zero-order valence-corrected chi connectivity index (χ0v) is 11.0. The highest BCUT2D eigenvalue weighted by molar-refractivity contribution is 7.89. The summed E-state index contributed by atoms with van der Waals surface area (Å²) in [6.07, 6.45) is 5.36. The van der Waals surface area contributed by atoms with Gasteiger partial charge in [-0.25, -0.2) is 18.1 Å². The average Bonchev–Trinajstić information content (AvgIpc) is 2.95. The van der Waals surface area contributed by atoms with E-state index in [9.17, 15) is 8.42 Å². The van der Waals surface area contributed by atoms with Gasteiger partial charge >= 0.3 is 0 Å². The minimum Gasteiger partial charge on any atom is -0.332 e. The van der Waals surface area contributed by atoms with Crippen molar-refractivity contribution in [2.75, 3.05) is 0 Å². The first-order valence-corrected chi connectivity index (χ1v) is 7.00. The Morgan fingerprint density at radius 2 is 2.22 bits per heavy atom. The van der Waals surface area contributed by atoms with Gasteiger partial charge in [-0.1, -0.05) is 6.92 Å². The standard InChI is InChI=1S/C10H15N5O2S/c1-3-9-11-6-10(14-9)18(16,17)13-5-8-4-12-15(2)7-8/h4,6-7,13H,3,5H2,1-2H3,(H,11,14). The Morgan fingerprint density at radius 3 is 2.78 bits per heavy atom. The van der Waals surface area contributed by atoms with Gasteiger partial charge in [-0.2, -0.15) is 5.10 Å². The molecule has 2 aromatic rings. The Hall–Kier alpha value is -1.67. The highest BCUT2D eigenvalue weighted by atomic mass is 32.2. The fraction of sp³-hybridized carbons (Fsp3) is 0.400. The predicted molar refractivity (Wildman–Crippen MR) is 65.2 cm³/mol. The summed E-state index contributed by atoms with van der Waals surface area (Å²) in [4.78, 5) is 6.73. The van der Waals surface area contributed by atoms with Crippen LogP contribution in [0.3, 0.4) is 0 Å². The van der Waals surface area contributed by atoms with Gasteiger partial charge in [0.1, 0.15) is 5.82 Å². The van der Waals surface area contributed by atoms with Crippen molar-refractivity contribution in [2.45, 2.75) is 24.9 Å². The summed E-state index contributed by atoms with van der Waals surface area (Å²) in [5.41, 5.74) is 0.802. The molecule has 2 aromatic heterocycles. The third-order valence-electron chi connectivity index (χ3n) is 2.45. The third-order valence-corrected chi connectivity index (χ3v) is 3.77. The number of hydrogen-bond donors (Lipinski definition) is 2. The lowest BCUT2D eigenvalue weighted by molar-refractivity contribution is 0.577. The van der Waals surface area contributed by atoms with Crippen LogP contribution in [0.4, 0.5) is 0 Å². The first-order valence-electron chi connectivity index (χ1n) is 5.52. The summed E-state index contributed by atoms with van der Waals surface area (Å²) in [7, 11) is -1.77. The number of imidazole rings is 1. The van der Waals surface area contributed by atoms with Crippen molar-refractivity contribution in [1.82, 2.24) is 24.5 Å². The summed E-state index contributed by atoms with van der Waals surface area (Å²) in [5, 5.41) is 4.06. The molecule has 0 amide bonds. The molecule has 0 fully saturated rings. The molecule has 0 radical (unpaired) electrons. The Bertz CT molecular complexity index is 628. The number of aryl methyl sites for hydroxylation is 2. The first kappa shape index (κ1) is 12.8. The van der Waals surface area contributed by atoms with Crippen LogP contribution in [-0.2, 0) is 30.0 Å². The molecule has 7 nitrogen and oxygen atoms in total. The van der Waals surface area contributed by atoms with E-state index < -0.39 is 10.0 Å². The Morgan fingerprint density at radius 1 is 1.44 bits per heavy atom. The number of aromatic nitrogens is 4.